The number of hydrogen-bond acceptors (Lipinski definition) is 4. The summed E-state index contributed by atoms with van der Waals surface area (Å²) in [5, 5.41) is 28.6. The predicted octanol–water partition coefficient (Wildman–Crippen LogP) is 5.05. The molecule has 33 heavy (non-hydrogen) atoms. The van der Waals surface area contributed by atoms with Gasteiger partial charge in [0, 0.05) is 16.8 Å². The fraction of sp³-hybridized carbons (Fsp3) is 0.0800. The third-order valence-electron chi connectivity index (χ3n) is 5.16. The molecule has 1 heterocycles. The third kappa shape index (κ3) is 4.56. The van der Waals surface area contributed by atoms with Crippen LogP contribution < -0.4 is 10.7 Å². The summed E-state index contributed by atoms with van der Waals surface area (Å²) in [6.07, 6.45) is 0. The van der Waals surface area contributed by atoms with Crippen molar-refractivity contribution in [2.45, 2.75) is 13.8 Å². The highest BCUT2D eigenvalue weighted by Gasteiger charge is 2.20. The molecule has 4 N–H and O–H groups in total. The van der Waals surface area contributed by atoms with E-state index in [1.165, 1.54) is 12.1 Å². The first kappa shape index (κ1) is 22.0. The van der Waals surface area contributed by atoms with E-state index >= 15 is 0 Å². The van der Waals surface area contributed by atoms with Crippen LogP contribution >= 0.6 is 12.2 Å². The number of aromatic carboxylic acids is 1. The number of fused-ring (bicyclic) bond motifs is 1. The van der Waals surface area contributed by atoms with Crippen LogP contribution in [-0.4, -0.2) is 31.6 Å². The van der Waals surface area contributed by atoms with Crippen LogP contribution in [0.4, 0.5) is 5.69 Å². The number of aromatic hydroxyl groups is 1. The van der Waals surface area contributed by atoms with Gasteiger partial charge in [0.1, 0.15) is 0 Å². The van der Waals surface area contributed by atoms with Crippen LogP contribution in [-0.2, 0) is 0 Å². The molecule has 0 bridgehead atoms. The van der Waals surface area contributed by atoms with Crippen molar-refractivity contribution in [2.24, 2.45) is 5.10 Å². The van der Waals surface area contributed by atoms with Crippen molar-refractivity contribution < 1.29 is 15.0 Å². The van der Waals surface area contributed by atoms with Crippen LogP contribution in [0.25, 0.3) is 16.6 Å². The minimum atomic E-state index is -1.02. The highest BCUT2D eigenvalue weighted by Crippen LogP contribution is 2.34. The highest BCUT2D eigenvalue weighted by molar-refractivity contribution is 7.80. The van der Waals surface area contributed by atoms with Crippen LogP contribution in [0.2, 0.25) is 0 Å². The molecule has 0 fully saturated rings. The van der Waals surface area contributed by atoms with E-state index in [2.05, 4.69) is 15.8 Å². The van der Waals surface area contributed by atoms with E-state index in [1.807, 2.05) is 55.5 Å². The van der Waals surface area contributed by atoms with Crippen molar-refractivity contribution >= 4 is 45.6 Å². The molecule has 4 aromatic rings. The van der Waals surface area contributed by atoms with E-state index in [0.29, 0.717) is 17.0 Å². The maximum atomic E-state index is 11.2. The number of carboxylic acids is 1. The molecule has 7 nitrogen and oxygen atoms in total. The van der Waals surface area contributed by atoms with Gasteiger partial charge >= 0.3 is 5.97 Å². The smallest absolute Gasteiger partial charge is 0.335 e. The van der Waals surface area contributed by atoms with Crippen molar-refractivity contribution in [3.05, 3.63) is 89.5 Å². The van der Waals surface area contributed by atoms with Crippen LogP contribution in [0.1, 0.15) is 28.4 Å². The Balaban J connectivity index is 1.64. The Morgan fingerprint density at radius 1 is 1.03 bits per heavy atom. The number of carbonyl (C=O) groups is 1. The minimum Gasteiger partial charge on any atom is -0.494 e. The quantitative estimate of drug-likeness (QED) is 0.190. The second-order valence-electron chi connectivity index (χ2n) is 7.54. The molecule has 8 heteroatoms. The van der Waals surface area contributed by atoms with Gasteiger partial charge in [0.2, 0.25) is 5.88 Å². The molecule has 0 radical (unpaired) electrons. The lowest BCUT2D eigenvalue weighted by Crippen LogP contribution is -2.25. The number of carboxylic acid groups (broad SMARTS) is 1. The highest BCUT2D eigenvalue weighted by atomic mass is 32.1. The topological polar surface area (TPSA) is 98.9 Å². The van der Waals surface area contributed by atoms with E-state index in [1.54, 1.807) is 23.6 Å². The third-order valence-corrected chi connectivity index (χ3v) is 5.36. The van der Waals surface area contributed by atoms with Gasteiger partial charge in [0.05, 0.1) is 22.4 Å². The lowest BCUT2D eigenvalue weighted by molar-refractivity contribution is 0.0697. The van der Waals surface area contributed by atoms with Crippen molar-refractivity contribution in [3.8, 4) is 11.6 Å². The molecule has 0 aliphatic rings. The number of aromatic nitrogens is 1. The fourth-order valence-electron chi connectivity index (χ4n) is 3.69. The number of anilines is 1. The molecule has 1 aromatic heterocycles. The van der Waals surface area contributed by atoms with Gasteiger partial charge in [-0.2, -0.15) is 5.10 Å². The van der Waals surface area contributed by atoms with E-state index in [4.69, 9.17) is 17.3 Å². The number of nitrogens with one attached hydrogen (secondary N) is 2. The molecule has 0 aliphatic heterocycles. The standard InChI is InChI=1S/C25H22N4O3S/c1-15-7-5-10-19(13-15)29-21-12-4-3-11-20(21)22(23(29)30)16(2)27-28-25(33)26-18-9-6-8-17(14-18)24(31)32/h3-14,30H,1-2H3,(H,31,32)(H2,26,28,33)/b27-16+. The number of thiocarbonyl (C=S) groups is 1. The lowest BCUT2D eigenvalue weighted by Gasteiger charge is -2.09. The molecular formula is C25H22N4O3S. The number of para-hydroxylation sites is 1. The Hall–Kier alpha value is -4.17. The first-order valence-corrected chi connectivity index (χ1v) is 10.6. The molecule has 166 valence electrons. The van der Waals surface area contributed by atoms with Crippen LogP contribution in [0.15, 0.2) is 77.9 Å². The van der Waals surface area contributed by atoms with Crippen molar-refractivity contribution in [3.63, 3.8) is 0 Å². The molecule has 0 saturated heterocycles. The number of benzene rings is 3. The second-order valence-corrected chi connectivity index (χ2v) is 7.95. The molecule has 0 amide bonds. The van der Waals surface area contributed by atoms with Gasteiger partial charge in [-0.3, -0.25) is 9.99 Å². The molecule has 0 aliphatic carbocycles. The average molecular weight is 459 g/mol. The Morgan fingerprint density at radius 3 is 2.55 bits per heavy atom. The Labute approximate surface area is 196 Å². The minimum absolute atomic E-state index is 0.0814. The average Bonchev–Trinajstić information content (AvgIpc) is 3.09. The molecule has 0 atom stereocenters. The summed E-state index contributed by atoms with van der Waals surface area (Å²) in [5.74, 6) is -0.940. The van der Waals surface area contributed by atoms with E-state index in [0.717, 1.165) is 22.2 Å². The Bertz CT molecular complexity index is 1410. The zero-order chi connectivity index (χ0) is 23.5. The van der Waals surface area contributed by atoms with Gasteiger partial charge in [-0.05, 0) is 68.0 Å². The van der Waals surface area contributed by atoms with E-state index in [9.17, 15) is 9.90 Å². The summed E-state index contributed by atoms with van der Waals surface area (Å²) in [4.78, 5) is 11.1. The van der Waals surface area contributed by atoms with Gasteiger partial charge in [-0.25, -0.2) is 4.79 Å². The van der Waals surface area contributed by atoms with Gasteiger partial charge < -0.3 is 15.5 Å². The number of aryl methyl sites for hydroxylation is 1. The zero-order valence-corrected chi connectivity index (χ0v) is 18.9. The van der Waals surface area contributed by atoms with Gasteiger partial charge in [0.15, 0.2) is 5.11 Å². The number of hydrogen-bond donors (Lipinski definition) is 4. The maximum absolute atomic E-state index is 11.2. The Kier molecular flexibility index (Phi) is 6.10. The molecular weight excluding hydrogens is 436 g/mol. The van der Waals surface area contributed by atoms with Crippen LogP contribution in [0.3, 0.4) is 0 Å². The summed E-state index contributed by atoms with van der Waals surface area (Å²) < 4.78 is 1.80. The number of nitrogens with zero attached hydrogens (tertiary/aromatic N) is 2. The summed E-state index contributed by atoms with van der Waals surface area (Å²) in [6, 6.07) is 21.9. The second kappa shape index (κ2) is 9.13. The summed E-state index contributed by atoms with van der Waals surface area (Å²) in [7, 11) is 0. The largest absolute Gasteiger partial charge is 0.494 e. The number of rotatable bonds is 5. The fourth-order valence-corrected chi connectivity index (χ4v) is 3.85. The first-order valence-electron chi connectivity index (χ1n) is 10.2. The number of hydrazone groups is 1. The van der Waals surface area contributed by atoms with E-state index < -0.39 is 5.97 Å². The molecule has 3 aromatic carbocycles. The van der Waals surface area contributed by atoms with Crippen LogP contribution in [0, 0.1) is 6.92 Å². The molecule has 0 saturated carbocycles. The summed E-state index contributed by atoms with van der Waals surface area (Å²) in [6.45, 7) is 3.78. The Morgan fingerprint density at radius 2 is 1.79 bits per heavy atom. The maximum Gasteiger partial charge on any atom is 0.335 e. The predicted molar refractivity (Wildman–Crippen MR) is 135 cm³/mol. The van der Waals surface area contributed by atoms with Gasteiger partial charge in [-0.15, -0.1) is 0 Å². The summed E-state index contributed by atoms with van der Waals surface area (Å²) in [5.41, 5.74) is 7.37. The van der Waals surface area contributed by atoms with Gasteiger partial charge in [0.25, 0.3) is 0 Å². The van der Waals surface area contributed by atoms with Gasteiger partial charge in [-0.1, -0.05) is 36.4 Å². The molecule has 0 unspecified atom stereocenters. The molecule has 4 rings (SSSR count). The molecule has 0 spiro atoms. The van der Waals surface area contributed by atoms with Crippen molar-refractivity contribution in [1.29, 1.82) is 0 Å². The first-order chi connectivity index (χ1) is 15.8. The normalized spacial score (nSPS) is 11.4. The monoisotopic (exact) mass is 458 g/mol. The zero-order valence-electron chi connectivity index (χ0n) is 18.0. The van der Waals surface area contributed by atoms with Crippen molar-refractivity contribution in [2.75, 3.05) is 5.32 Å². The van der Waals surface area contributed by atoms with E-state index in [-0.39, 0.29) is 16.6 Å². The lowest BCUT2D eigenvalue weighted by atomic mass is 10.1. The summed E-state index contributed by atoms with van der Waals surface area (Å²) >= 11 is 5.29. The van der Waals surface area contributed by atoms with Crippen LogP contribution in [0.5, 0.6) is 5.88 Å². The van der Waals surface area contributed by atoms with Crippen molar-refractivity contribution in [1.82, 2.24) is 9.99 Å². The SMILES string of the molecule is C/C(=N\NC(=S)Nc1cccc(C(=O)O)c1)c1c(O)n(-c2cccc(C)c2)c2ccccc12.